The topological polar surface area (TPSA) is 20.2 Å². The summed E-state index contributed by atoms with van der Waals surface area (Å²) in [5.74, 6) is 0.824. The Hall–Kier alpha value is -0.0400. The third-order valence-corrected chi connectivity index (χ3v) is 2.09. The minimum atomic E-state index is 0.0277. The molecule has 1 aliphatic rings. The van der Waals surface area contributed by atoms with Crippen LogP contribution >= 0.6 is 0 Å². The van der Waals surface area contributed by atoms with E-state index in [0.29, 0.717) is 0 Å². The van der Waals surface area contributed by atoms with Crippen LogP contribution in [-0.4, -0.2) is 11.2 Å². The summed E-state index contributed by atoms with van der Waals surface area (Å²) in [6.07, 6.45) is 4.61. The molecule has 1 N–H and O–H groups in total. The molecule has 8 heavy (non-hydrogen) atoms. The molecular weight excluding hydrogens is 100 g/mol. The Morgan fingerprint density at radius 2 is 2.25 bits per heavy atom. The lowest BCUT2D eigenvalue weighted by Crippen LogP contribution is -1.98. The van der Waals surface area contributed by atoms with Crippen molar-refractivity contribution in [3.05, 3.63) is 0 Å². The Bertz CT molecular complexity index is 70.8. The van der Waals surface area contributed by atoms with Crippen LogP contribution in [0.2, 0.25) is 0 Å². The minimum Gasteiger partial charge on any atom is -0.393 e. The first-order valence-corrected chi connectivity index (χ1v) is 3.51. The van der Waals surface area contributed by atoms with Gasteiger partial charge in [0.2, 0.25) is 0 Å². The van der Waals surface area contributed by atoms with Crippen molar-refractivity contribution in [3.8, 4) is 0 Å². The highest BCUT2D eigenvalue weighted by molar-refractivity contribution is 4.72. The van der Waals surface area contributed by atoms with Gasteiger partial charge in [-0.15, -0.1) is 0 Å². The van der Waals surface area contributed by atoms with E-state index in [1.54, 1.807) is 0 Å². The Kier molecular flexibility index (Phi) is 1.90. The first kappa shape index (κ1) is 6.09. The fraction of sp³-hybridized carbons (Fsp3) is 1.00. The molecule has 48 valence electrons. The van der Waals surface area contributed by atoms with Crippen LogP contribution in [0.25, 0.3) is 0 Å². The molecule has 0 aliphatic heterocycles. The third-order valence-electron chi connectivity index (χ3n) is 2.09. The number of hydrogen-bond donors (Lipinski definition) is 1. The smallest absolute Gasteiger partial charge is 0.0543 e. The number of aliphatic hydroxyl groups is 1. The average Bonchev–Trinajstić information content (AvgIpc) is 2.14. The molecule has 0 aromatic carbocycles. The molecule has 2 atom stereocenters. The maximum atomic E-state index is 9.03. The van der Waals surface area contributed by atoms with Crippen molar-refractivity contribution in [2.45, 2.75) is 38.7 Å². The number of rotatable bonds is 1. The van der Waals surface area contributed by atoms with E-state index in [1.165, 1.54) is 12.8 Å². The zero-order valence-corrected chi connectivity index (χ0v) is 5.43. The second-order valence-corrected chi connectivity index (χ2v) is 2.74. The molecule has 0 aromatic heterocycles. The van der Waals surface area contributed by atoms with Crippen LogP contribution < -0.4 is 0 Å². The molecule has 0 amide bonds. The maximum absolute atomic E-state index is 9.03. The van der Waals surface area contributed by atoms with Gasteiger partial charge in [0.1, 0.15) is 0 Å². The van der Waals surface area contributed by atoms with E-state index in [4.69, 9.17) is 5.11 Å². The zero-order valence-electron chi connectivity index (χ0n) is 5.43. The Labute approximate surface area is 50.7 Å². The summed E-state index contributed by atoms with van der Waals surface area (Å²) in [6.45, 7) is 2.20. The van der Waals surface area contributed by atoms with Gasteiger partial charge in [0.15, 0.2) is 0 Å². The summed E-state index contributed by atoms with van der Waals surface area (Å²) in [5.41, 5.74) is 0. The van der Waals surface area contributed by atoms with E-state index < -0.39 is 0 Å². The standard InChI is InChI=1S/C7H14O/c1-2-6-3-4-7(8)5-6/h6-8H,2-5H2,1H3/t6?,7-/m1/s1. The molecule has 1 nitrogen and oxygen atoms in total. The largest absolute Gasteiger partial charge is 0.393 e. The van der Waals surface area contributed by atoms with Crippen molar-refractivity contribution < 1.29 is 5.11 Å². The molecule has 1 aliphatic carbocycles. The van der Waals surface area contributed by atoms with Crippen LogP contribution in [0.1, 0.15) is 32.6 Å². The molecule has 1 saturated carbocycles. The van der Waals surface area contributed by atoms with Crippen molar-refractivity contribution in [1.29, 1.82) is 0 Å². The second-order valence-electron chi connectivity index (χ2n) is 2.74. The van der Waals surface area contributed by atoms with Gasteiger partial charge in [-0.2, -0.15) is 0 Å². The van der Waals surface area contributed by atoms with Gasteiger partial charge in [-0.3, -0.25) is 0 Å². The van der Waals surface area contributed by atoms with Crippen LogP contribution in [0.5, 0.6) is 0 Å². The van der Waals surface area contributed by atoms with Crippen LogP contribution in [0.15, 0.2) is 0 Å². The molecule has 0 radical (unpaired) electrons. The lowest BCUT2D eigenvalue weighted by molar-refractivity contribution is 0.177. The summed E-state index contributed by atoms with van der Waals surface area (Å²) in [6, 6.07) is 0. The van der Waals surface area contributed by atoms with Gasteiger partial charge >= 0.3 is 0 Å². The van der Waals surface area contributed by atoms with E-state index in [9.17, 15) is 0 Å². The van der Waals surface area contributed by atoms with Gasteiger partial charge in [0, 0.05) is 0 Å². The summed E-state index contributed by atoms with van der Waals surface area (Å²) in [5, 5.41) is 9.03. The monoisotopic (exact) mass is 114 g/mol. The lowest BCUT2D eigenvalue weighted by atomic mass is 10.1. The fourth-order valence-corrected chi connectivity index (χ4v) is 1.42. The maximum Gasteiger partial charge on any atom is 0.0543 e. The average molecular weight is 114 g/mol. The molecule has 0 spiro atoms. The molecule has 0 saturated heterocycles. The highest BCUT2D eigenvalue weighted by Crippen LogP contribution is 2.27. The SMILES string of the molecule is CCC1CC[C@@H](O)C1. The summed E-state index contributed by atoms with van der Waals surface area (Å²) in [7, 11) is 0. The van der Waals surface area contributed by atoms with Gasteiger partial charge < -0.3 is 5.11 Å². The third kappa shape index (κ3) is 1.22. The number of aliphatic hydroxyl groups excluding tert-OH is 1. The van der Waals surface area contributed by atoms with Crippen molar-refractivity contribution in [1.82, 2.24) is 0 Å². The Balaban J connectivity index is 2.22. The molecular formula is C7H14O. The molecule has 1 unspecified atom stereocenters. The van der Waals surface area contributed by atoms with Crippen molar-refractivity contribution in [2.75, 3.05) is 0 Å². The van der Waals surface area contributed by atoms with Crippen molar-refractivity contribution >= 4 is 0 Å². The quantitative estimate of drug-likeness (QED) is 0.548. The van der Waals surface area contributed by atoms with Gasteiger partial charge in [-0.1, -0.05) is 13.3 Å². The highest BCUT2D eigenvalue weighted by atomic mass is 16.3. The first-order valence-electron chi connectivity index (χ1n) is 3.51. The van der Waals surface area contributed by atoms with Gasteiger partial charge in [0.05, 0.1) is 6.10 Å². The van der Waals surface area contributed by atoms with Gasteiger partial charge in [0.25, 0.3) is 0 Å². The van der Waals surface area contributed by atoms with Gasteiger partial charge in [-0.25, -0.2) is 0 Å². The highest BCUT2D eigenvalue weighted by Gasteiger charge is 2.20. The predicted octanol–water partition coefficient (Wildman–Crippen LogP) is 1.56. The normalized spacial score (nSPS) is 38.2. The minimum absolute atomic E-state index is 0.0277. The Morgan fingerprint density at radius 3 is 2.50 bits per heavy atom. The lowest BCUT2D eigenvalue weighted by Gasteiger charge is -2.01. The molecule has 0 heterocycles. The van der Waals surface area contributed by atoms with E-state index in [1.807, 2.05) is 0 Å². The second kappa shape index (κ2) is 2.49. The van der Waals surface area contributed by atoms with Crippen molar-refractivity contribution in [2.24, 2.45) is 5.92 Å². The zero-order chi connectivity index (χ0) is 5.98. The van der Waals surface area contributed by atoms with Crippen LogP contribution in [0.4, 0.5) is 0 Å². The van der Waals surface area contributed by atoms with Crippen LogP contribution in [0, 0.1) is 5.92 Å². The van der Waals surface area contributed by atoms with E-state index in [0.717, 1.165) is 18.8 Å². The van der Waals surface area contributed by atoms with E-state index in [-0.39, 0.29) is 6.10 Å². The molecule has 1 fully saturated rings. The summed E-state index contributed by atoms with van der Waals surface area (Å²) >= 11 is 0. The molecule has 1 rings (SSSR count). The van der Waals surface area contributed by atoms with Crippen molar-refractivity contribution in [3.63, 3.8) is 0 Å². The van der Waals surface area contributed by atoms with E-state index in [2.05, 4.69) is 6.92 Å². The summed E-state index contributed by atoms with van der Waals surface area (Å²) < 4.78 is 0. The van der Waals surface area contributed by atoms with E-state index >= 15 is 0 Å². The van der Waals surface area contributed by atoms with Crippen LogP contribution in [-0.2, 0) is 0 Å². The Morgan fingerprint density at radius 1 is 1.50 bits per heavy atom. The number of hydrogen-bond acceptors (Lipinski definition) is 1. The molecule has 1 heteroatoms. The summed E-state index contributed by atoms with van der Waals surface area (Å²) in [4.78, 5) is 0. The van der Waals surface area contributed by atoms with Crippen LogP contribution in [0.3, 0.4) is 0 Å². The molecule has 0 aromatic rings. The molecule has 0 bridgehead atoms. The fourth-order valence-electron chi connectivity index (χ4n) is 1.42. The van der Waals surface area contributed by atoms with Gasteiger partial charge in [-0.05, 0) is 25.2 Å². The predicted molar refractivity (Wildman–Crippen MR) is 33.6 cm³/mol. The first-order chi connectivity index (χ1) is 3.83.